The standard InChI is InChI=1S/C17H25ClN2O/c1-2-10-20(14-6-4-3-5-7-14)17(21)15-11-13(12-19)8-9-16(15)18/h8-9,11,14H,2-7,10,12,19H2,1H3. The van der Waals surface area contributed by atoms with E-state index >= 15 is 0 Å². The molecule has 1 fully saturated rings. The molecule has 0 radical (unpaired) electrons. The zero-order valence-electron chi connectivity index (χ0n) is 12.8. The molecule has 116 valence electrons. The molecule has 0 aliphatic heterocycles. The molecule has 2 rings (SSSR count). The maximum atomic E-state index is 12.9. The van der Waals surface area contributed by atoms with E-state index in [2.05, 4.69) is 6.92 Å². The van der Waals surface area contributed by atoms with Crippen molar-refractivity contribution >= 4 is 17.5 Å². The molecule has 1 aromatic rings. The zero-order valence-corrected chi connectivity index (χ0v) is 13.5. The summed E-state index contributed by atoms with van der Waals surface area (Å²) in [5.41, 5.74) is 7.22. The summed E-state index contributed by atoms with van der Waals surface area (Å²) in [6, 6.07) is 5.87. The molecule has 0 aromatic heterocycles. The van der Waals surface area contributed by atoms with Gasteiger partial charge in [0, 0.05) is 19.1 Å². The minimum Gasteiger partial charge on any atom is -0.336 e. The Morgan fingerprint density at radius 3 is 2.67 bits per heavy atom. The SMILES string of the molecule is CCCN(C(=O)c1cc(CN)ccc1Cl)C1CCCCC1. The molecule has 1 amide bonds. The van der Waals surface area contributed by atoms with E-state index in [-0.39, 0.29) is 5.91 Å². The van der Waals surface area contributed by atoms with E-state index in [1.165, 1.54) is 19.3 Å². The summed E-state index contributed by atoms with van der Waals surface area (Å²) in [4.78, 5) is 15.0. The molecule has 1 saturated carbocycles. The molecule has 0 heterocycles. The summed E-state index contributed by atoms with van der Waals surface area (Å²) in [6.07, 6.45) is 6.91. The average Bonchev–Trinajstić information content (AvgIpc) is 2.53. The minimum absolute atomic E-state index is 0.0593. The highest BCUT2D eigenvalue weighted by Crippen LogP contribution is 2.26. The third-order valence-corrected chi connectivity index (χ3v) is 4.57. The van der Waals surface area contributed by atoms with Crippen molar-refractivity contribution < 1.29 is 4.79 Å². The van der Waals surface area contributed by atoms with Crippen LogP contribution >= 0.6 is 11.6 Å². The van der Waals surface area contributed by atoms with E-state index in [0.29, 0.717) is 23.2 Å². The van der Waals surface area contributed by atoms with Crippen molar-refractivity contribution in [2.24, 2.45) is 5.73 Å². The zero-order chi connectivity index (χ0) is 15.2. The highest BCUT2D eigenvalue weighted by atomic mass is 35.5. The van der Waals surface area contributed by atoms with Gasteiger partial charge in [-0.1, -0.05) is 43.9 Å². The van der Waals surface area contributed by atoms with Gasteiger partial charge < -0.3 is 10.6 Å². The van der Waals surface area contributed by atoms with E-state index in [0.717, 1.165) is 31.4 Å². The summed E-state index contributed by atoms with van der Waals surface area (Å²) in [5.74, 6) is 0.0593. The summed E-state index contributed by atoms with van der Waals surface area (Å²) >= 11 is 6.24. The van der Waals surface area contributed by atoms with Crippen LogP contribution in [0.4, 0.5) is 0 Å². The Kier molecular flexibility index (Phi) is 6.07. The van der Waals surface area contributed by atoms with Crippen molar-refractivity contribution in [3.05, 3.63) is 34.3 Å². The number of benzene rings is 1. The smallest absolute Gasteiger partial charge is 0.255 e. The maximum absolute atomic E-state index is 12.9. The lowest BCUT2D eigenvalue weighted by molar-refractivity contribution is 0.0634. The number of hydrogen-bond acceptors (Lipinski definition) is 2. The van der Waals surface area contributed by atoms with Gasteiger partial charge in [-0.3, -0.25) is 4.79 Å². The number of hydrogen-bond donors (Lipinski definition) is 1. The van der Waals surface area contributed by atoms with Crippen LogP contribution in [0.2, 0.25) is 5.02 Å². The maximum Gasteiger partial charge on any atom is 0.255 e. The van der Waals surface area contributed by atoms with Gasteiger partial charge in [0.2, 0.25) is 0 Å². The van der Waals surface area contributed by atoms with Crippen molar-refractivity contribution in [1.29, 1.82) is 0 Å². The molecule has 4 heteroatoms. The summed E-state index contributed by atoms with van der Waals surface area (Å²) < 4.78 is 0. The Bertz CT molecular complexity index is 484. The first-order valence-electron chi connectivity index (χ1n) is 7.96. The molecule has 3 nitrogen and oxygen atoms in total. The van der Waals surface area contributed by atoms with Gasteiger partial charge in [0.25, 0.3) is 5.91 Å². The molecule has 0 atom stereocenters. The number of halogens is 1. The van der Waals surface area contributed by atoms with Crippen molar-refractivity contribution in [3.63, 3.8) is 0 Å². The second-order valence-electron chi connectivity index (χ2n) is 5.81. The molecule has 2 N–H and O–H groups in total. The molecular weight excluding hydrogens is 284 g/mol. The van der Waals surface area contributed by atoms with Crippen molar-refractivity contribution in [1.82, 2.24) is 4.90 Å². The highest BCUT2D eigenvalue weighted by Gasteiger charge is 2.26. The fraction of sp³-hybridized carbons (Fsp3) is 0.588. The van der Waals surface area contributed by atoms with Crippen LogP contribution in [-0.4, -0.2) is 23.4 Å². The lowest BCUT2D eigenvalue weighted by Gasteiger charge is -2.34. The van der Waals surface area contributed by atoms with E-state index in [1.807, 2.05) is 17.0 Å². The lowest BCUT2D eigenvalue weighted by Crippen LogP contribution is -2.42. The average molecular weight is 309 g/mol. The lowest BCUT2D eigenvalue weighted by atomic mass is 9.93. The van der Waals surface area contributed by atoms with Gasteiger partial charge >= 0.3 is 0 Å². The van der Waals surface area contributed by atoms with E-state index < -0.39 is 0 Å². The van der Waals surface area contributed by atoms with Gasteiger partial charge in [-0.05, 0) is 37.0 Å². The fourth-order valence-corrected chi connectivity index (χ4v) is 3.30. The largest absolute Gasteiger partial charge is 0.336 e. The van der Waals surface area contributed by atoms with Crippen LogP contribution in [-0.2, 0) is 6.54 Å². The van der Waals surface area contributed by atoms with Crippen LogP contribution in [0.1, 0.15) is 61.4 Å². The summed E-state index contributed by atoms with van der Waals surface area (Å²) in [7, 11) is 0. The first-order valence-corrected chi connectivity index (χ1v) is 8.34. The normalized spacial score (nSPS) is 16.0. The Balaban J connectivity index is 2.24. The number of nitrogens with two attached hydrogens (primary N) is 1. The molecule has 1 aliphatic carbocycles. The van der Waals surface area contributed by atoms with Crippen LogP contribution in [0.15, 0.2) is 18.2 Å². The summed E-state index contributed by atoms with van der Waals surface area (Å²) in [6.45, 7) is 3.34. The molecule has 1 aromatic carbocycles. The van der Waals surface area contributed by atoms with Gasteiger partial charge in [-0.15, -0.1) is 0 Å². The molecule has 0 spiro atoms. The highest BCUT2D eigenvalue weighted by molar-refractivity contribution is 6.33. The predicted molar refractivity (Wildman–Crippen MR) is 87.5 cm³/mol. The third kappa shape index (κ3) is 3.98. The van der Waals surface area contributed by atoms with Crippen molar-refractivity contribution in [2.45, 2.75) is 58.0 Å². The number of amides is 1. The molecule has 21 heavy (non-hydrogen) atoms. The third-order valence-electron chi connectivity index (χ3n) is 4.24. The monoisotopic (exact) mass is 308 g/mol. The topological polar surface area (TPSA) is 46.3 Å². The van der Waals surface area contributed by atoms with Crippen LogP contribution in [0.5, 0.6) is 0 Å². The number of carbonyl (C=O) groups excluding carboxylic acids is 1. The number of carbonyl (C=O) groups is 1. The van der Waals surface area contributed by atoms with Gasteiger partial charge in [0.15, 0.2) is 0 Å². The summed E-state index contributed by atoms with van der Waals surface area (Å²) in [5, 5.41) is 0.522. The van der Waals surface area contributed by atoms with Crippen LogP contribution in [0, 0.1) is 0 Å². The second kappa shape index (κ2) is 7.81. The quantitative estimate of drug-likeness (QED) is 0.894. The van der Waals surface area contributed by atoms with Gasteiger partial charge in [0.1, 0.15) is 0 Å². The Hall–Kier alpha value is -1.06. The molecule has 1 aliphatic rings. The Morgan fingerprint density at radius 1 is 1.33 bits per heavy atom. The number of nitrogens with zero attached hydrogens (tertiary/aromatic N) is 1. The van der Waals surface area contributed by atoms with Gasteiger partial charge in [-0.2, -0.15) is 0 Å². The van der Waals surface area contributed by atoms with E-state index in [4.69, 9.17) is 17.3 Å². The van der Waals surface area contributed by atoms with Gasteiger partial charge in [0.05, 0.1) is 10.6 Å². The molecule has 0 bridgehead atoms. The first kappa shape index (κ1) is 16.3. The van der Waals surface area contributed by atoms with Crippen LogP contribution in [0.25, 0.3) is 0 Å². The van der Waals surface area contributed by atoms with Crippen LogP contribution in [0.3, 0.4) is 0 Å². The Labute approximate surface area is 132 Å². The van der Waals surface area contributed by atoms with E-state index in [9.17, 15) is 4.79 Å². The fourth-order valence-electron chi connectivity index (χ4n) is 3.10. The van der Waals surface area contributed by atoms with Crippen molar-refractivity contribution in [3.8, 4) is 0 Å². The van der Waals surface area contributed by atoms with E-state index in [1.54, 1.807) is 6.07 Å². The molecular formula is C17H25ClN2O. The second-order valence-corrected chi connectivity index (χ2v) is 6.22. The van der Waals surface area contributed by atoms with Crippen LogP contribution < -0.4 is 5.73 Å². The molecule has 0 saturated heterocycles. The molecule has 0 unspecified atom stereocenters. The predicted octanol–water partition coefficient (Wildman–Crippen LogP) is 3.98. The first-order chi connectivity index (χ1) is 10.2. The number of rotatable bonds is 5. The van der Waals surface area contributed by atoms with Crippen molar-refractivity contribution in [2.75, 3.05) is 6.54 Å². The Morgan fingerprint density at radius 2 is 2.05 bits per heavy atom. The van der Waals surface area contributed by atoms with Gasteiger partial charge in [-0.25, -0.2) is 0 Å². The minimum atomic E-state index is 0.0593.